The fourth-order valence-corrected chi connectivity index (χ4v) is 3.30. The average molecular weight is 416 g/mol. The summed E-state index contributed by atoms with van der Waals surface area (Å²) in [5.41, 5.74) is 0.710. The van der Waals surface area contributed by atoms with Crippen molar-refractivity contribution in [2.45, 2.75) is 6.10 Å². The number of rotatable bonds is 5. The second-order valence-corrected chi connectivity index (χ2v) is 6.86. The number of ketones is 1. The van der Waals surface area contributed by atoms with Gasteiger partial charge in [0, 0.05) is 23.3 Å². The summed E-state index contributed by atoms with van der Waals surface area (Å²) in [6.07, 6.45) is -1.10. The molecule has 0 aliphatic carbocycles. The second kappa shape index (κ2) is 8.19. The Hall–Kier alpha value is -4.33. The van der Waals surface area contributed by atoms with E-state index in [0.29, 0.717) is 5.56 Å². The van der Waals surface area contributed by atoms with E-state index < -0.39 is 35.2 Å². The van der Waals surface area contributed by atoms with Crippen LogP contribution in [0, 0.1) is 10.1 Å². The second-order valence-electron chi connectivity index (χ2n) is 6.86. The zero-order valence-electron chi connectivity index (χ0n) is 16.1. The fraction of sp³-hybridized carbons (Fsp3) is 0.0870. The highest BCUT2D eigenvalue weighted by atomic mass is 16.6. The van der Waals surface area contributed by atoms with E-state index >= 15 is 0 Å². The van der Waals surface area contributed by atoms with Crippen LogP contribution in [0.1, 0.15) is 32.4 Å². The molecular formula is C23H16N2O6. The number of Topliss-reactive ketones (excluding diaryl/α,β-unsaturated/α-hetero) is 1. The fourth-order valence-electron chi connectivity index (χ4n) is 3.30. The molecular weight excluding hydrogens is 400 g/mol. The van der Waals surface area contributed by atoms with E-state index in [2.05, 4.69) is 0 Å². The van der Waals surface area contributed by atoms with Crippen LogP contribution in [0.5, 0.6) is 5.75 Å². The number of fused-ring (bicyclic) bond motifs is 1. The number of benzene rings is 3. The smallest absolute Gasteiger partial charge is 0.275 e. The molecule has 0 bridgehead atoms. The van der Waals surface area contributed by atoms with Gasteiger partial charge in [-0.3, -0.25) is 29.4 Å². The molecule has 0 unspecified atom stereocenters. The number of nitro groups is 1. The van der Waals surface area contributed by atoms with Crippen LogP contribution in [0.3, 0.4) is 0 Å². The molecule has 8 nitrogen and oxygen atoms in total. The van der Waals surface area contributed by atoms with E-state index in [4.69, 9.17) is 4.74 Å². The Morgan fingerprint density at radius 2 is 1.58 bits per heavy atom. The molecule has 0 saturated carbocycles. The molecule has 3 aromatic carbocycles. The molecule has 8 heteroatoms. The van der Waals surface area contributed by atoms with Crippen molar-refractivity contribution in [2.24, 2.45) is 0 Å². The molecule has 31 heavy (non-hydrogen) atoms. The zero-order chi connectivity index (χ0) is 22.0. The Labute approximate surface area is 176 Å². The summed E-state index contributed by atoms with van der Waals surface area (Å²) in [7, 11) is 0. The van der Waals surface area contributed by atoms with Crippen molar-refractivity contribution in [2.75, 3.05) is 6.54 Å². The van der Waals surface area contributed by atoms with Crippen LogP contribution in [0.2, 0.25) is 0 Å². The summed E-state index contributed by atoms with van der Waals surface area (Å²) in [5.74, 6) is -1.58. The maximum absolute atomic E-state index is 13.3. The van der Waals surface area contributed by atoms with Crippen LogP contribution < -0.4 is 4.74 Å². The highest BCUT2D eigenvalue weighted by Crippen LogP contribution is 2.32. The number of ether oxygens (including phenoxy) is 1. The van der Waals surface area contributed by atoms with Crippen molar-refractivity contribution >= 4 is 23.3 Å². The first-order chi connectivity index (χ1) is 15.0. The molecule has 1 heterocycles. The van der Waals surface area contributed by atoms with Gasteiger partial charge in [-0.1, -0.05) is 42.5 Å². The summed E-state index contributed by atoms with van der Waals surface area (Å²) in [6.45, 7) is -0.517. The van der Waals surface area contributed by atoms with Crippen LogP contribution in [-0.4, -0.2) is 34.0 Å². The molecule has 0 spiro atoms. The quantitative estimate of drug-likeness (QED) is 0.272. The van der Waals surface area contributed by atoms with Gasteiger partial charge in [-0.15, -0.1) is 0 Å². The van der Waals surface area contributed by atoms with Gasteiger partial charge in [-0.25, -0.2) is 0 Å². The molecule has 0 aromatic heterocycles. The third-order valence-electron chi connectivity index (χ3n) is 4.90. The number of imide groups is 1. The summed E-state index contributed by atoms with van der Waals surface area (Å²) < 4.78 is 5.89. The number of nitro benzene ring substituents is 1. The monoisotopic (exact) mass is 416 g/mol. The number of hydrogen-bond donors (Lipinski definition) is 0. The van der Waals surface area contributed by atoms with E-state index in [1.165, 1.54) is 30.3 Å². The van der Waals surface area contributed by atoms with Crippen LogP contribution in [0.4, 0.5) is 5.69 Å². The predicted molar refractivity (Wildman–Crippen MR) is 110 cm³/mol. The number of nitrogens with zero attached hydrogens (tertiary/aromatic N) is 2. The third-order valence-corrected chi connectivity index (χ3v) is 4.90. The number of para-hydroxylation sites is 1. The largest absolute Gasteiger partial charge is 0.475 e. The van der Waals surface area contributed by atoms with Crippen LogP contribution in [0.25, 0.3) is 0 Å². The molecule has 2 amide bonds. The van der Waals surface area contributed by atoms with E-state index in [0.717, 1.165) is 4.90 Å². The van der Waals surface area contributed by atoms with E-state index in [-0.39, 0.29) is 22.6 Å². The maximum Gasteiger partial charge on any atom is 0.275 e. The van der Waals surface area contributed by atoms with Crippen molar-refractivity contribution < 1.29 is 24.0 Å². The molecule has 3 aromatic rings. The van der Waals surface area contributed by atoms with Gasteiger partial charge in [0.2, 0.25) is 6.10 Å². The Balaban J connectivity index is 1.69. The SMILES string of the molecule is O=C(CN1C(=O)c2ccccc2O[C@H](c2ccccc2)C1=O)c1ccc([N+](=O)[O-])cc1. The first kappa shape index (κ1) is 20.0. The van der Waals surface area contributed by atoms with Crippen molar-refractivity contribution in [1.82, 2.24) is 4.90 Å². The topological polar surface area (TPSA) is 107 Å². The Bertz CT molecular complexity index is 1170. The lowest BCUT2D eigenvalue weighted by atomic mass is 10.1. The lowest BCUT2D eigenvalue weighted by Crippen LogP contribution is -2.42. The van der Waals surface area contributed by atoms with Crippen molar-refractivity contribution in [1.29, 1.82) is 0 Å². The first-order valence-corrected chi connectivity index (χ1v) is 9.39. The standard InChI is InChI=1S/C23H16N2O6/c26-19(15-10-12-17(13-11-15)25(29)30)14-24-22(27)18-8-4-5-9-20(18)31-21(23(24)28)16-6-2-1-3-7-16/h1-13,21H,14H2/t21-/m1/s1. The van der Waals surface area contributed by atoms with Gasteiger partial charge in [0.1, 0.15) is 5.75 Å². The molecule has 1 atom stereocenters. The Kier molecular flexibility index (Phi) is 5.28. The third kappa shape index (κ3) is 3.91. The lowest BCUT2D eigenvalue weighted by Gasteiger charge is -2.22. The van der Waals surface area contributed by atoms with Gasteiger partial charge in [-0.2, -0.15) is 0 Å². The molecule has 0 N–H and O–H groups in total. The van der Waals surface area contributed by atoms with Gasteiger partial charge in [-0.05, 0) is 24.3 Å². The number of non-ortho nitro benzene ring substituents is 1. The number of carbonyl (C=O) groups is 3. The molecule has 0 saturated heterocycles. The molecule has 4 rings (SSSR count). The molecule has 154 valence electrons. The van der Waals surface area contributed by atoms with Crippen LogP contribution in [0.15, 0.2) is 78.9 Å². The van der Waals surface area contributed by atoms with Gasteiger partial charge in [0.15, 0.2) is 5.78 Å². The molecule has 1 aliphatic heterocycles. The van der Waals surface area contributed by atoms with Crippen molar-refractivity contribution in [3.63, 3.8) is 0 Å². The minimum absolute atomic E-state index is 0.154. The minimum atomic E-state index is -1.10. The van der Waals surface area contributed by atoms with Crippen molar-refractivity contribution in [3.8, 4) is 5.75 Å². The Morgan fingerprint density at radius 3 is 2.26 bits per heavy atom. The number of carbonyl (C=O) groups excluding carboxylic acids is 3. The summed E-state index contributed by atoms with van der Waals surface area (Å²) >= 11 is 0. The average Bonchev–Trinajstić information content (AvgIpc) is 2.90. The lowest BCUT2D eigenvalue weighted by molar-refractivity contribution is -0.384. The summed E-state index contributed by atoms with van der Waals surface area (Å²) in [6, 6.07) is 20.1. The van der Waals surface area contributed by atoms with Gasteiger partial charge < -0.3 is 4.74 Å². The minimum Gasteiger partial charge on any atom is -0.475 e. The van der Waals surface area contributed by atoms with Gasteiger partial charge in [0.25, 0.3) is 17.5 Å². The Morgan fingerprint density at radius 1 is 0.935 bits per heavy atom. The molecule has 0 fully saturated rings. The first-order valence-electron chi connectivity index (χ1n) is 9.39. The van der Waals surface area contributed by atoms with E-state index in [1.54, 1.807) is 48.5 Å². The van der Waals surface area contributed by atoms with Gasteiger partial charge >= 0.3 is 0 Å². The molecule has 1 aliphatic rings. The molecule has 0 radical (unpaired) electrons. The number of amides is 2. The highest BCUT2D eigenvalue weighted by molar-refractivity contribution is 6.12. The van der Waals surface area contributed by atoms with Crippen LogP contribution in [-0.2, 0) is 4.79 Å². The van der Waals surface area contributed by atoms with Crippen molar-refractivity contribution in [3.05, 3.63) is 106 Å². The van der Waals surface area contributed by atoms with E-state index in [9.17, 15) is 24.5 Å². The normalized spacial score (nSPS) is 15.6. The highest BCUT2D eigenvalue weighted by Gasteiger charge is 2.38. The maximum atomic E-state index is 13.3. The van der Waals surface area contributed by atoms with Crippen LogP contribution >= 0.6 is 0 Å². The summed E-state index contributed by atoms with van der Waals surface area (Å²) in [5, 5.41) is 10.8. The number of hydrogen-bond acceptors (Lipinski definition) is 6. The predicted octanol–water partition coefficient (Wildman–Crippen LogP) is 3.58. The summed E-state index contributed by atoms with van der Waals surface area (Å²) in [4.78, 5) is 50.3. The van der Waals surface area contributed by atoms with Gasteiger partial charge in [0.05, 0.1) is 17.0 Å². The zero-order valence-corrected chi connectivity index (χ0v) is 16.1. The van der Waals surface area contributed by atoms with E-state index in [1.807, 2.05) is 0 Å².